The van der Waals surface area contributed by atoms with Crippen LogP contribution in [0.4, 0.5) is 17.2 Å². The summed E-state index contributed by atoms with van der Waals surface area (Å²) in [7, 11) is 0. The highest BCUT2D eigenvalue weighted by molar-refractivity contribution is 6.05. The fourth-order valence-corrected chi connectivity index (χ4v) is 2.45. The first-order valence-electron chi connectivity index (χ1n) is 8.72. The average molecular weight is 379 g/mol. The Morgan fingerprint density at radius 2 is 1.93 bits per heavy atom. The summed E-state index contributed by atoms with van der Waals surface area (Å²) >= 11 is 0. The molecule has 1 aromatic carbocycles. The van der Waals surface area contributed by atoms with Crippen LogP contribution < -0.4 is 16.4 Å². The van der Waals surface area contributed by atoms with Crippen LogP contribution in [-0.2, 0) is 11.3 Å². The van der Waals surface area contributed by atoms with Crippen LogP contribution >= 0.6 is 0 Å². The lowest BCUT2D eigenvalue weighted by Crippen LogP contribution is -2.17. The Morgan fingerprint density at radius 3 is 2.68 bits per heavy atom. The van der Waals surface area contributed by atoms with Crippen LogP contribution in [0, 0.1) is 5.92 Å². The number of rotatable bonds is 6. The largest absolute Gasteiger partial charge is 0.382 e. The average Bonchev–Trinajstić information content (AvgIpc) is 3.09. The molecule has 3 aromatic rings. The fraction of sp³-hybridized carbons (Fsp3) is 0.211. The zero-order valence-corrected chi connectivity index (χ0v) is 15.6. The number of amides is 2. The Bertz CT molecular complexity index is 997. The highest BCUT2D eigenvalue weighted by Crippen LogP contribution is 2.15. The van der Waals surface area contributed by atoms with Crippen LogP contribution in [0.15, 0.2) is 49.1 Å². The molecule has 9 nitrogen and oxygen atoms in total. The van der Waals surface area contributed by atoms with Gasteiger partial charge in [-0.05, 0) is 17.7 Å². The van der Waals surface area contributed by atoms with Crippen molar-refractivity contribution in [3.63, 3.8) is 0 Å². The van der Waals surface area contributed by atoms with Gasteiger partial charge in [0.1, 0.15) is 0 Å². The molecule has 0 aliphatic heterocycles. The molecule has 0 saturated carbocycles. The molecule has 2 amide bonds. The maximum Gasteiger partial charge on any atom is 0.278 e. The van der Waals surface area contributed by atoms with Crippen LogP contribution in [0.3, 0.4) is 0 Å². The molecule has 28 heavy (non-hydrogen) atoms. The van der Waals surface area contributed by atoms with Crippen molar-refractivity contribution in [3.05, 3.63) is 60.3 Å². The number of hydrogen-bond donors (Lipinski definition) is 3. The second kappa shape index (κ2) is 8.30. The number of anilines is 3. The smallest absolute Gasteiger partial charge is 0.278 e. The van der Waals surface area contributed by atoms with Gasteiger partial charge in [0.05, 0.1) is 18.4 Å². The van der Waals surface area contributed by atoms with Crippen LogP contribution in [0.1, 0.15) is 29.9 Å². The Balaban J connectivity index is 1.66. The summed E-state index contributed by atoms with van der Waals surface area (Å²) in [5.41, 5.74) is 7.93. The highest BCUT2D eigenvalue weighted by Gasteiger charge is 2.13. The molecule has 2 heterocycles. The molecule has 0 unspecified atom stereocenters. The first kappa shape index (κ1) is 19.0. The van der Waals surface area contributed by atoms with E-state index in [-0.39, 0.29) is 23.3 Å². The standard InChI is InChI=1S/C19H21N7O2/c1-12(2)18(27)24-14-5-3-4-13(8-14)10-26-11-15(9-23-26)25-19(28)16-17(20)22-7-6-21-16/h3-9,11-12H,10H2,1-2H3,(H2,20,22)(H,24,27)(H,25,28). The summed E-state index contributed by atoms with van der Waals surface area (Å²) in [6.07, 6.45) is 6.06. The number of aromatic nitrogens is 4. The molecule has 144 valence electrons. The van der Waals surface area contributed by atoms with Crippen molar-refractivity contribution >= 4 is 29.0 Å². The van der Waals surface area contributed by atoms with E-state index in [1.807, 2.05) is 38.1 Å². The predicted molar refractivity (Wildman–Crippen MR) is 106 cm³/mol. The van der Waals surface area contributed by atoms with E-state index in [0.717, 1.165) is 11.3 Å². The molecule has 0 bridgehead atoms. The predicted octanol–water partition coefficient (Wildman–Crippen LogP) is 2.15. The summed E-state index contributed by atoms with van der Waals surface area (Å²) in [6.45, 7) is 4.16. The third-order valence-electron chi connectivity index (χ3n) is 3.90. The lowest BCUT2D eigenvalue weighted by atomic mass is 10.1. The van der Waals surface area contributed by atoms with E-state index in [2.05, 4.69) is 25.7 Å². The molecule has 2 aromatic heterocycles. The van der Waals surface area contributed by atoms with Crippen molar-refractivity contribution < 1.29 is 9.59 Å². The molecule has 9 heteroatoms. The van der Waals surface area contributed by atoms with Gasteiger partial charge in [-0.15, -0.1) is 0 Å². The van der Waals surface area contributed by atoms with Crippen LogP contribution in [-0.4, -0.2) is 31.6 Å². The van der Waals surface area contributed by atoms with Gasteiger partial charge in [0.25, 0.3) is 5.91 Å². The summed E-state index contributed by atoms with van der Waals surface area (Å²) in [6, 6.07) is 7.53. The van der Waals surface area contributed by atoms with Crippen molar-refractivity contribution in [2.45, 2.75) is 20.4 Å². The zero-order valence-electron chi connectivity index (χ0n) is 15.6. The number of nitrogens with zero attached hydrogens (tertiary/aromatic N) is 4. The Kier molecular flexibility index (Phi) is 5.64. The molecule has 3 rings (SSSR count). The van der Waals surface area contributed by atoms with E-state index in [9.17, 15) is 9.59 Å². The van der Waals surface area contributed by atoms with E-state index in [4.69, 9.17) is 5.73 Å². The first-order valence-corrected chi connectivity index (χ1v) is 8.72. The maximum absolute atomic E-state index is 12.2. The lowest BCUT2D eigenvalue weighted by molar-refractivity contribution is -0.118. The fourth-order valence-electron chi connectivity index (χ4n) is 2.45. The third kappa shape index (κ3) is 4.70. The van der Waals surface area contributed by atoms with Gasteiger partial charge in [-0.25, -0.2) is 9.97 Å². The van der Waals surface area contributed by atoms with Crippen LogP contribution in [0.5, 0.6) is 0 Å². The minimum absolute atomic E-state index is 0.0375. The van der Waals surface area contributed by atoms with E-state index < -0.39 is 5.91 Å². The van der Waals surface area contributed by atoms with Crippen molar-refractivity contribution in [1.82, 2.24) is 19.7 Å². The second-order valence-electron chi connectivity index (χ2n) is 6.52. The molecule has 4 N–H and O–H groups in total. The minimum atomic E-state index is -0.455. The van der Waals surface area contributed by atoms with Crippen molar-refractivity contribution in [1.29, 1.82) is 0 Å². The number of nitrogens with two attached hydrogens (primary N) is 1. The quantitative estimate of drug-likeness (QED) is 0.602. The number of carbonyl (C=O) groups excluding carboxylic acids is 2. The van der Waals surface area contributed by atoms with Gasteiger partial charge in [0, 0.05) is 30.2 Å². The van der Waals surface area contributed by atoms with Crippen LogP contribution in [0.2, 0.25) is 0 Å². The first-order chi connectivity index (χ1) is 13.4. The number of benzene rings is 1. The monoisotopic (exact) mass is 379 g/mol. The van der Waals surface area contributed by atoms with Gasteiger partial charge in [-0.1, -0.05) is 26.0 Å². The minimum Gasteiger partial charge on any atom is -0.382 e. The van der Waals surface area contributed by atoms with Gasteiger partial charge in [0.15, 0.2) is 11.5 Å². The molecule has 0 aliphatic carbocycles. The van der Waals surface area contributed by atoms with E-state index in [0.29, 0.717) is 12.2 Å². The molecule has 0 spiro atoms. The highest BCUT2D eigenvalue weighted by atomic mass is 16.2. The van der Waals surface area contributed by atoms with Gasteiger partial charge in [0.2, 0.25) is 5.91 Å². The number of nitrogens with one attached hydrogen (secondary N) is 2. The summed E-state index contributed by atoms with van der Waals surface area (Å²) in [5.74, 6) is -0.523. The van der Waals surface area contributed by atoms with Crippen molar-refractivity contribution in [2.24, 2.45) is 5.92 Å². The Labute approximate surface area is 162 Å². The van der Waals surface area contributed by atoms with E-state index in [1.165, 1.54) is 18.6 Å². The molecule has 0 atom stereocenters. The Hall–Kier alpha value is -3.75. The van der Waals surface area contributed by atoms with Crippen molar-refractivity contribution in [2.75, 3.05) is 16.4 Å². The zero-order chi connectivity index (χ0) is 20.1. The van der Waals surface area contributed by atoms with Gasteiger partial charge < -0.3 is 16.4 Å². The molecule has 0 fully saturated rings. The second-order valence-corrected chi connectivity index (χ2v) is 6.52. The molecule has 0 saturated heterocycles. The number of carbonyl (C=O) groups is 2. The van der Waals surface area contributed by atoms with Gasteiger partial charge in [-0.2, -0.15) is 5.10 Å². The number of nitrogen functional groups attached to an aromatic ring is 1. The summed E-state index contributed by atoms with van der Waals surface area (Å²) < 4.78 is 1.68. The van der Waals surface area contributed by atoms with Crippen LogP contribution in [0.25, 0.3) is 0 Å². The topological polar surface area (TPSA) is 128 Å². The lowest BCUT2D eigenvalue weighted by Gasteiger charge is -2.09. The molecule has 0 aliphatic rings. The van der Waals surface area contributed by atoms with E-state index >= 15 is 0 Å². The summed E-state index contributed by atoms with van der Waals surface area (Å²) in [4.78, 5) is 31.9. The number of hydrogen-bond acceptors (Lipinski definition) is 6. The Morgan fingerprint density at radius 1 is 1.14 bits per heavy atom. The van der Waals surface area contributed by atoms with E-state index in [1.54, 1.807) is 10.9 Å². The van der Waals surface area contributed by atoms with Gasteiger partial charge >= 0.3 is 0 Å². The molecule has 0 radical (unpaired) electrons. The molecular weight excluding hydrogens is 358 g/mol. The molecular formula is C19H21N7O2. The summed E-state index contributed by atoms with van der Waals surface area (Å²) in [5, 5.41) is 9.81. The van der Waals surface area contributed by atoms with Gasteiger partial charge in [-0.3, -0.25) is 14.3 Å². The SMILES string of the molecule is CC(C)C(=O)Nc1cccc(Cn2cc(NC(=O)c3nccnc3N)cn2)c1. The third-order valence-corrected chi connectivity index (χ3v) is 3.90. The maximum atomic E-state index is 12.2. The van der Waals surface area contributed by atoms with Crippen molar-refractivity contribution in [3.8, 4) is 0 Å². The normalized spacial score (nSPS) is 10.7.